The van der Waals surface area contributed by atoms with Crippen LogP contribution in [-0.4, -0.2) is 61.2 Å². The van der Waals surface area contributed by atoms with Gasteiger partial charge in [0.25, 0.3) is 0 Å². The van der Waals surface area contributed by atoms with Gasteiger partial charge in [0.1, 0.15) is 23.8 Å². The van der Waals surface area contributed by atoms with Crippen LogP contribution in [0.2, 0.25) is 0 Å². The average molecular weight is 523 g/mol. The molecule has 0 aliphatic carbocycles. The summed E-state index contributed by atoms with van der Waals surface area (Å²) in [5.74, 6) is -1.27. The van der Waals surface area contributed by atoms with Gasteiger partial charge in [0.2, 0.25) is 0 Å². The number of hydrogen-bond donors (Lipinski definition) is 2. The molecule has 4 heterocycles. The number of pyridine rings is 1. The minimum atomic E-state index is -1.27. The number of carbonyl (C=O) groups is 1. The highest BCUT2D eigenvalue weighted by Gasteiger charge is 2.39. The van der Waals surface area contributed by atoms with Crippen LogP contribution in [0.3, 0.4) is 0 Å². The van der Waals surface area contributed by atoms with Crippen molar-refractivity contribution in [3.63, 3.8) is 0 Å². The van der Waals surface area contributed by atoms with Gasteiger partial charge in [-0.2, -0.15) is 15.5 Å². The van der Waals surface area contributed by atoms with Gasteiger partial charge in [-0.25, -0.2) is 18.6 Å². The number of rotatable bonds is 5. The number of hydrazone groups is 1. The van der Waals surface area contributed by atoms with Crippen molar-refractivity contribution in [2.45, 2.75) is 31.7 Å². The van der Waals surface area contributed by atoms with Gasteiger partial charge in [-0.05, 0) is 30.7 Å². The lowest BCUT2D eigenvalue weighted by Gasteiger charge is -2.41. The fourth-order valence-corrected chi connectivity index (χ4v) is 4.67. The van der Waals surface area contributed by atoms with Crippen molar-refractivity contribution in [1.82, 2.24) is 24.7 Å². The number of halogens is 2. The summed E-state index contributed by atoms with van der Waals surface area (Å²) < 4.78 is 35.8. The Hall–Kier alpha value is -4.41. The van der Waals surface area contributed by atoms with Crippen molar-refractivity contribution in [3.8, 4) is 23.2 Å². The number of amides is 2. The summed E-state index contributed by atoms with van der Waals surface area (Å²) in [6.45, 7) is 2.11. The van der Waals surface area contributed by atoms with Crippen LogP contribution in [-0.2, 0) is 7.05 Å². The van der Waals surface area contributed by atoms with E-state index in [2.05, 4.69) is 15.2 Å². The Morgan fingerprint density at radius 2 is 2.05 bits per heavy atom. The number of hydrogen-bond acceptors (Lipinski definition) is 8. The minimum absolute atomic E-state index is 0.0385. The van der Waals surface area contributed by atoms with Gasteiger partial charge in [0.05, 0.1) is 48.3 Å². The first-order chi connectivity index (χ1) is 18.2. The summed E-state index contributed by atoms with van der Waals surface area (Å²) in [5.41, 5.74) is 8.03. The molecule has 11 nitrogen and oxygen atoms in total. The number of likely N-dealkylation sites (tertiary alicyclic amines) is 1. The number of nitriles is 1. The molecule has 3 N–H and O–H groups in total. The van der Waals surface area contributed by atoms with E-state index in [1.54, 1.807) is 20.2 Å². The molecule has 196 valence electrons. The maximum absolute atomic E-state index is 14.5. The van der Waals surface area contributed by atoms with Crippen LogP contribution >= 0.6 is 0 Å². The molecule has 0 saturated carbocycles. The average Bonchev–Trinajstić information content (AvgIpc) is 3.46. The van der Waals surface area contributed by atoms with Crippen LogP contribution in [0.15, 0.2) is 35.6 Å². The maximum Gasteiger partial charge on any atom is 0.341 e. The van der Waals surface area contributed by atoms with E-state index >= 15 is 0 Å². The number of ether oxygens (including phenoxy) is 1. The van der Waals surface area contributed by atoms with Gasteiger partial charge in [0, 0.05) is 31.3 Å². The molecule has 2 aromatic heterocycles. The largest absolute Gasteiger partial charge is 0.483 e. The first-order valence-corrected chi connectivity index (χ1v) is 11.8. The number of nitrogens with two attached hydrogens (primary N) is 1. The second kappa shape index (κ2) is 9.81. The molecule has 38 heavy (non-hydrogen) atoms. The molecular weight excluding hydrogens is 498 g/mol. The Morgan fingerprint density at radius 3 is 2.74 bits per heavy atom. The number of carbonyl (C=O) groups excluding carboxylic acids is 1. The molecule has 1 saturated heterocycles. The molecule has 1 fully saturated rings. The summed E-state index contributed by atoms with van der Waals surface area (Å²) >= 11 is 0. The number of aliphatic hydroxyl groups excluding tert-OH is 1. The molecule has 1 aromatic carbocycles. The topological polar surface area (TPSA) is 146 Å². The normalized spacial score (nSPS) is 17.9. The molecule has 13 heteroatoms. The van der Waals surface area contributed by atoms with E-state index in [1.807, 2.05) is 6.07 Å². The summed E-state index contributed by atoms with van der Waals surface area (Å²) in [6, 6.07) is 6.36. The number of aryl methyl sites for hydroxylation is 1. The van der Waals surface area contributed by atoms with Gasteiger partial charge in [-0.3, -0.25) is 9.67 Å². The van der Waals surface area contributed by atoms with Crippen molar-refractivity contribution in [1.29, 1.82) is 5.26 Å². The van der Waals surface area contributed by atoms with Crippen molar-refractivity contribution < 1.29 is 23.4 Å². The van der Waals surface area contributed by atoms with Gasteiger partial charge in [-0.1, -0.05) is 0 Å². The molecule has 0 radical (unpaired) electrons. The Balaban J connectivity index is 1.27. The second-order valence-corrected chi connectivity index (χ2v) is 9.13. The smallest absolute Gasteiger partial charge is 0.341 e. The summed E-state index contributed by atoms with van der Waals surface area (Å²) in [4.78, 5) is 18.7. The highest BCUT2D eigenvalue weighted by atomic mass is 19.1. The lowest BCUT2D eigenvalue weighted by molar-refractivity contribution is 0.0257. The van der Waals surface area contributed by atoms with Crippen molar-refractivity contribution in [2.24, 2.45) is 17.9 Å². The van der Waals surface area contributed by atoms with Crippen molar-refractivity contribution >= 4 is 12.2 Å². The lowest BCUT2D eigenvalue weighted by Crippen LogP contribution is -2.58. The molecule has 2 aliphatic rings. The van der Waals surface area contributed by atoms with Crippen molar-refractivity contribution in [2.75, 3.05) is 13.1 Å². The molecule has 0 bridgehead atoms. The van der Waals surface area contributed by atoms with E-state index in [4.69, 9.17) is 15.7 Å². The zero-order chi connectivity index (χ0) is 27.1. The second-order valence-electron chi connectivity index (χ2n) is 9.13. The Kier molecular flexibility index (Phi) is 6.52. The Labute approximate surface area is 216 Å². The van der Waals surface area contributed by atoms with Gasteiger partial charge in [-0.15, -0.1) is 0 Å². The first-order valence-electron chi connectivity index (χ1n) is 11.8. The van der Waals surface area contributed by atoms with Crippen LogP contribution in [0.4, 0.5) is 13.6 Å². The highest BCUT2D eigenvalue weighted by Crippen LogP contribution is 2.33. The lowest BCUT2D eigenvalue weighted by atomic mass is 10.0. The van der Waals surface area contributed by atoms with Gasteiger partial charge >= 0.3 is 6.03 Å². The number of benzene rings is 1. The van der Waals surface area contributed by atoms with Crippen LogP contribution in [0, 0.1) is 29.9 Å². The van der Waals surface area contributed by atoms with Crippen LogP contribution in [0.1, 0.15) is 41.1 Å². The SMILES string of the molecule is Cc1c(C(N)O)nn(C)c1-c1cc(OC2CN(C(=O)N3N=CC[C@H]3c3cc(F)cc(C#N)c3)C2)c(F)cn1. The van der Waals surface area contributed by atoms with E-state index in [0.717, 1.165) is 12.3 Å². The molecular formula is C25H24F2N8O3. The molecule has 0 spiro atoms. The third kappa shape index (κ3) is 4.55. The molecule has 3 aromatic rings. The maximum atomic E-state index is 14.5. The number of nitrogens with zero attached hydrogens (tertiary/aromatic N) is 7. The first kappa shape index (κ1) is 25.2. The standard InChI is InChI=1S/C25H24F2N8O3/c1-13-22(24(29)36)32-33(2)23(13)19-8-21(18(27)10-30-19)38-17-11-34(12-17)25(37)35-20(3-4-31-35)15-5-14(9-28)6-16(26)7-15/h4-8,10,17,20,24,36H,3,11-12,29H2,1-2H3/t20-,24?/m0/s1. The van der Waals surface area contributed by atoms with Crippen LogP contribution in [0.5, 0.6) is 5.75 Å². The summed E-state index contributed by atoms with van der Waals surface area (Å²) in [6.07, 6.45) is 1.25. The molecule has 5 rings (SSSR count). The molecule has 2 atom stereocenters. The molecule has 2 amide bonds. The monoisotopic (exact) mass is 522 g/mol. The summed E-state index contributed by atoms with van der Waals surface area (Å²) in [5, 5.41) is 28.5. The third-order valence-corrected chi connectivity index (χ3v) is 6.54. The zero-order valence-electron chi connectivity index (χ0n) is 20.5. The number of aliphatic hydroxyl groups is 1. The predicted molar refractivity (Wildman–Crippen MR) is 130 cm³/mol. The molecule has 1 unspecified atom stereocenters. The van der Waals surface area contributed by atoms with E-state index in [-0.39, 0.29) is 30.1 Å². The fraction of sp³-hybridized carbons (Fsp3) is 0.320. The number of aromatic nitrogens is 3. The van der Waals surface area contributed by atoms with Crippen LogP contribution in [0.25, 0.3) is 11.4 Å². The minimum Gasteiger partial charge on any atom is -0.483 e. The zero-order valence-corrected chi connectivity index (χ0v) is 20.5. The molecule has 2 aliphatic heterocycles. The number of urea groups is 1. The third-order valence-electron chi connectivity index (χ3n) is 6.54. The van der Waals surface area contributed by atoms with Crippen molar-refractivity contribution in [3.05, 3.63) is 64.5 Å². The fourth-order valence-electron chi connectivity index (χ4n) is 4.67. The van der Waals surface area contributed by atoms with E-state index < -0.39 is 36.0 Å². The van der Waals surface area contributed by atoms with E-state index in [9.17, 15) is 18.7 Å². The van der Waals surface area contributed by atoms with E-state index in [0.29, 0.717) is 28.9 Å². The highest BCUT2D eigenvalue weighted by molar-refractivity contribution is 5.79. The Bertz CT molecular complexity index is 1480. The Morgan fingerprint density at radius 1 is 1.29 bits per heavy atom. The van der Waals surface area contributed by atoms with E-state index in [1.165, 1.54) is 32.8 Å². The van der Waals surface area contributed by atoms with Gasteiger partial charge < -0.3 is 20.5 Å². The quantitative estimate of drug-likeness (QED) is 0.490. The predicted octanol–water partition coefficient (Wildman–Crippen LogP) is 2.51. The summed E-state index contributed by atoms with van der Waals surface area (Å²) in [7, 11) is 1.66. The van der Waals surface area contributed by atoms with Crippen LogP contribution < -0.4 is 10.5 Å². The van der Waals surface area contributed by atoms with Gasteiger partial charge in [0.15, 0.2) is 11.6 Å².